The van der Waals surface area contributed by atoms with Crippen molar-refractivity contribution in [2.75, 3.05) is 30.4 Å². The van der Waals surface area contributed by atoms with E-state index in [9.17, 15) is 28.8 Å². The maximum Gasteiger partial charge on any atom is 0.293 e. The van der Waals surface area contributed by atoms with Gasteiger partial charge in [-0.05, 0) is 78.0 Å². The summed E-state index contributed by atoms with van der Waals surface area (Å²) >= 11 is 0.819. The molecule has 0 spiro atoms. The van der Waals surface area contributed by atoms with Crippen molar-refractivity contribution in [3.8, 4) is 5.75 Å². The topological polar surface area (TPSA) is 142 Å². The van der Waals surface area contributed by atoms with Crippen molar-refractivity contribution in [2.24, 2.45) is 0 Å². The van der Waals surface area contributed by atoms with E-state index in [-0.39, 0.29) is 40.6 Å². The summed E-state index contributed by atoms with van der Waals surface area (Å²) in [4.78, 5) is 77.7. The Morgan fingerprint density at radius 2 is 1.57 bits per heavy atom. The number of anilines is 2. The number of ether oxygens (including phenoxy) is 1. The highest BCUT2D eigenvalue weighted by atomic mass is 32.2. The quantitative estimate of drug-likeness (QED) is 0.300. The van der Waals surface area contributed by atoms with Crippen LogP contribution < -0.4 is 20.3 Å². The Hall–Kier alpha value is -5.23. The molecule has 0 aromatic heterocycles. The zero-order valence-electron chi connectivity index (χ0n) is 22.5. The largest absolute Gasteiger partial charge is 0.497 e. The summed E-state index contributed by atoms with van der Waals surface area (Å²) in [6.45, 7) is 1.32. The molecule has 2 N–H and O–H groups in total. The molecular formula is C30H24N4O7S. The number of nitrogens with zero attached hydrogens (tertiary/aromatic N) is 2. The van der Waals surface area contributed by atoms with Crippen molar-refractivity contribution in [3.05, 3.63) is 93.9 Å². The second kappa shape index (κ2) is 11.7. The van der Waals surface area contributed by atoms with Crippen LogP contribution in [0.4, 0.5) is 16.2 Å². The first-order valence-corrected chi connectivity index (χ1v) is 13.6. The van der Waals surface area contributed by atoms with Gasteiger partial charge in [-0.15, -0.1) is 0 Å². The first-order valence-electron chi connectivity index (χ1n) is 12.7. The predicted molar refractivity (Wildman–Crippen MR) is 156 cm³/mol. The number of nitrogens with one attached hydrogen (secondary N) is 2. The van der Waals surface area contributed by atoms with E-state index >= 15 is 0 Å². The lowest BCUT2D eigenvalue weighted by Crippen LogP contribution is -2.37. The zero-order valence-corrected chi connectivity index (χ0v) is 23.3. The molecule has 3 aromatic rings. The van der Waals surface area contributed by atoms with E-state index in [2.05, 4.69) is 10.6 Å². The number of carbonyl (C=O) groups is 6. The minimum Gasteiger partial charge on any atom is -0.497 e. The fourth-order valence-corrected chi connectivity index (χ4v) is 5.31. The zero-order chi connectivity index (χ0) is 30.0. The van der Waals surface area contributed by atoms with Crippen LogP contribution >= 0.6 is 11.8 Å². The van der Waals surface area contributed by atoms with Crippen molar-refractivity contribution in [2.45, 2.75) is 6.92 Å². The number of rotatable bonds is 8. The number of carbonyl (C=O) groups excluding carboxylic acids is 6. The smallest absolute Gasteiger partial charge is 0.293 e. The SMILES string of the molecule is COc1ccc(/C=C2\SC(=O)N(CCNC(=O)c3ccc4c(c3)C(=O)N(c3ccc(NC(C)=O)cc3)C4=O)C2=O)cc1. The van der Waals surface area contributed by atoms with Crippen LogP contribution in [-0.4, -0.2) is 59.9 Å². The highest BCUT2D eigenvalue weighted by Crippen LogP contribution is 2.32. The van der Waals surface area contributed by atoms with E-state index in [0.29, 0.717) is 17.1 Å². The molecule has 2 aliphatic rings. The molecule has 0 radical (unpaired) electrons. The lowest BCUT2D eigenvalue weighted by Gasteiger charge is -2.14. The van der Waals surface area contributed by atoms with E-state index in [0.717, 1.165) is 27.1 Å². The third kappa shape index (κ3) is 5.65. The molecule has 0 unspecified atom stereocenters. The van der Waals surface area contributed by atoms with Gasteiger partial charge in [0.2, 0.25) is 5.91 Å². The van der Waals surface area contributed by atoms with Crippen molar-refractivity contribution in [1.29, 1.82) is 0 Å². The van der Waals surface area contributed by atoms with Gasteiger partial charge >= 0.3 is 0 Å². The number of amides is 6. The summed E-state index contributed by atoms with van der Waals surface area (Å²) in [5.74, 6) is -1.69. The molecule has 42 heavy (non-hydrogen) atoms. The monoisotopic (exact) mass is 584 g/mol. The average Bonchev–Trinajstić information content (AvgIpc) is 3.39. The normalized spacial score (nSPS) is 15.3. The van der Waals surface area contributed by atoms with E-state index < -0.39 is 28.9 Å². The van der Waals surface area contributed by atoms with Gasteiger partial charge in [-0.25, -0.2) is 4.90 Å². The van der Waals surface area contributed by atoms with Gasteiger partial charge in [0.1, 0.15) is 5.75 Å². The Morgan fingerprint density at radius 1 is 0.881 bits per heavy atom. The molecule has 11 nitrogen and oxygen atoms in total. The summed E-state index contributed by atoms with van der Waals surface area (Å²) in [5, 5.41) is 4.83. The Morgan fingerprint density at radius 3 is 2.24 bits per heavy atom. The first kappa shape index (κ1) is 28.3. The second-order valence-electron chi connectivity index (χ2n) is 9.30. The van der Waals surface area contributed by atoms with Gasteiger partial charge in [-0.3, -0.25) is 33.7 Å². The van der Waals surface area contributed by atoms with Crippen LogP contribution in [0.3, 0.4) is 0 Å². The van der Waals surface area contributed by atoms with Crippen LogP contribution in [0.5, 0.6) is 5.75 Å². The fourth-order valence-electron chi connectivity index (χ4n) is 4.44. The van der Waals surface area contributed by atoms with Gasteiger partial charge in [0.05, 0.1) is 28.8 Å². The predicted octanol–water partition coefficient (Wildman–Crippen LogP) is 3.92. The van der Waals surface area contributed by atoms with Crippen LogP contribution in [0.25, 0.3) is 6.08 Å². The summed E-state index contributed by atoms with van der Waals surface area (Å²) in [6.07, 6.45) is 1.62. The third-order valence-corrected chi connectivity index (χ3v) is 7.41. The lowest BCUT2D eigenvalue weighted by molar-refractivity contribution is -0.122. The number of methoxy groups -OCH3 is 1. The van der Waals surface area contributed by atoms with Crippen molar-refractivity contribution < 1.29 is 33.5 Å². The van der Waals surface area contributed by atoms with E-state index in [1.165, 1.54) is 37.3 Å². The Labute approximate surface area is 244 Å². The number of fused-ring (bicyclic) bond motifs is 1. The molecule has 6 amide bonds. The van der Waals surface area contributed by atoms with E-state index in [1.54, 1.807) is 49.6 Å². The molecule has 1 saturated heterocycles. The number of thioether (sulfide) groups is 1. The molecule has 0 saturated carbocycles. The highest BCUT2D eigenvalue weighted by molar-refractivity contribution is 8.18. The van der Waals surface area contributed by atoms with Gasteiger partial charge in [-0.1, -0.05) is 12.1 Å². The second-order valence-corrected chi connectivity index (χ2v) is 10.3. The molecule has 1 fully saturated rings. The standard InChI is InChI=1S/C30H24N4O7S/c1-17(35)32-20-6-8-21(9-7-20)34-27(37)23-12-5-19(16-24(23)28(34)38)26(36)31-13-14-33-29(39)25(42-30(33)40)15-18-3-10-22(41-2)11-4-18/h3-12,15-16H,13-14H2,1-2H3,(H,31,36)(H,32,35)/b25-15-. The lowest BCUT2D eigenvalue weighted by atomic mass is 10.1. The number of benzene rings is 3. The van der Waals surface area contributed by atoms with Crippen molar-refractivity contribution >= 4 is 64.0 Å². The van der Waals surface area contributed by atoms with Crippen LogP contribution in [0, 0.1) is 0 Å². The molecule has 2 aliphatic heterocycles. The van der Waals surface area contributed by atoms with Crippen molar-refractivity contribution in [3.63, 3.8) is 0 Å². The van der Waals surface area contributed by atoms with Gasteiger partial charge < -0.3 is 15.4 Å². The number of hydrogen-bond acceptors (Lipinski definition) is 8. The Kier molecular flexibility index (Phi) is 7.89. The summed E-state index contributed by atoms with van der Waals surface area (Å²) in [5.41, 5.74) is 1.95. The molecular weight excluding hydrogens is 560 g/mol. The van der Waals surface area contributed by atoms with Crippen LogP contribution in [0.2, 0.25) is 0 Å². The molecule has 0 bridgehead atoms. The van der Waals surface area contributed by atoms with Gasteiger partial charge in [0.25, 0.3) is 28.9 Å². The summed E-state index contributed by atoms with van der Waals surface area (Å²) < 4.78 is 5.12. The molecule has 2 heterocycles. The summed E-state index contributed by atoms with van der Waals surface area (Å²) in [7, 11) is 1.55. The molecule has 0 atom stereocenters. The molecule has 5 rings (SSSR count). The Balaban J connectivity index is 1.21. The molecule has 0 aliphatic carbocycles. The molecule has 3 aromatic carbocycles. The van der Waals surface area contributed by atoms with E-state index in [1.807, 2.05) is 0 Å². The maximum atomic E-state index is 13.1. The highest BCUT2D eigenvalue weighted by Gasteiger charge is 2.37. The first-order chi connectivity index (χ1) is 20.2. The van der Waals surface area contributed by atoms with Gasteiger partial charge in [0, 0.05) is 31.3 Å². The summed E-state index contributed by atoms with van der Waals surface area (Å²) in [6, 6.07) is 17.4. The van der Waals surface area contributed by atoms with Crippen LogP contribution in [0.15, 0.2) is 71.6 Å². The van der Waals surface area contributed by atoms with Crippen LogP contribution in [-0.2, 0) is 9.59 Å². The molecule has 212 valence electrons. The third-order valence-electron chi connectivity index (χ3n) is 6.50. The Bertz CT molecular complexity index is 1670. The van der Waals surface area contributed by atoms with Gasteiger partial charge in [-0.2, -0.15) is 0 Å². The molecule has 12 heteroatoms. The maximum absolute atomic E-state index is 13.1. The fraction of sp³-hybridized carbons (Fsp3) is 0.133. The average molecular weight is 585 g/mol. The minimum absolute atomic E-state index is 0.0105. The number of imide groups is 2. The number of hydrogen-bond donors (Lipinski definition) is 2. The van der Waals surface area contributed by atoms with Gasteiger partial charge in [0.15, 0.2) is 0 Å². The van der Waals surface area contributed by atoms with Crippen LogP contribution in [0.1, 0.15) is 43.6 Å². The van der Waals surface area contributed by atoms with E-state index in [4.69, 9.17) is 4.74 Å². The van der Waals surface area contributed by atoms with Crippen molar-refractivity contribution in [1.82, 2.24) is 10.2 Å². The minimum atomic E-state index is -0.585.